The first-order chi connectivity index (χ1) is 21.7. The molecule has 0 spiro atoms. The van der Waals surface area contributed by atoms with E-state index in [1.807, 2.05) is 30.9 Å². The zero-order valence-corrected chi connectivity index (χ0v) is 28.0. The summed E-state index contributed by atoms with van der Waals surface area (Å²) in [5, 5.41) is 1.08. The molecule has 1 aromatic carbocycles. The molecule has 0 radical (unpaired) electrons. The maximum atomic E-state index is 13.8. The predicted octanol–water partition coefficient (Wildman–Crippen LogP) is 6.16. The van der Waals surface area contributed by atoms with E-state index in [9.17, 15) is 9.59 Å². The Morgan fingerprint density at radius 1 is 1.13 bits per heavy atom. The van der Waals surface area contributed by atoms with Crippen LogP contribution in [0.25, 0.3) is 21.5 Å². The van der Waals surface area contributed by atoms with Crippen LogP contribution in [0.4, 0.5) is 0 Å². The minimum atomic E-state index is -0.308. The number of hydrogen-bond donors (Lipinski definition) is 1. The van der Waals surface area contributed by atoms with Crippen LogP contribution in [0, 0.1) is 5.92 Å². The number of aromatic nitrogens is 1. The second-order valence-corrected chi connectivity index (χ2v) is 14.7. The molecule has 10 heteroatoms. The van der Waals surface area contributed by atoms with Gasteiger partial charge in [-0.25, -0.2) is 9.78 Å². The van der Waals surface area contributed by atoms with Crippen molar-refractivity contribution in [2.75, 3.05) is 40.0 Å². The number of thioether (sulfide) groups is 2. The third-order valence-corrected chi connectivity index (χ3v) is 11.5. The van der Waals surface area contributed by atoms with Crippen LogP contribution in [0.15, 0.2) is 64.1 Å². The maximum Gasteiger partial charge on any atom is 0.344 e. The highest BCUT2D eigenvalue weighted by Gasteiger charge is 2.48. The second-order valence-electron chi connectivity index (χ2n) is 12.2. The van der Waals surface area contributed by atoms with Crippen molar-refractivity contribution in [3.8, 4) is 0 Å². The molecule has 2 unspecified atom stereocenters. The number of allylic oxidation sites excluding steroid dienone is 2. The molecular formula is C35H42N4O4S2. The smallest absolute Gasteiger partial charge is 0.344 e. The largest absolute Gasteiger partial charge is 0.465 e. The van der Waals surface area contributed by atoms with Crippen molar-refractivity contribution in [2.24, 2.45) is 11.7 Å². The molecule has 2 aromatic rings. The summed E-state index contributed by atoms with van der Waals surface area (Å²) in [6, 6.07) is 10.5. The fourth-order valence-corrected chi connectivity index (χ4v) is 9.17. The van der Waals surface area contributed by atoms with Gasteiger partial charge in [0.2, 0.25) is 5.91 Å². The molecule has 4 aliphatic rings. The van der Waals surface area contributed by atoms with Gasteiger partial charge in [0.1, 0.15) is 0 Å². The number of carbonyl (C=O) groups is 2. The van der Waals surface area contributed by atoms with Crippen LogP contribution in [-0.2, 0) is 19.1 Å². The molecule has 2 atom stereocenters. The predicted molar refractivity (Wildman–Crippen MR) is 184 cm³/mol. The average Bonchev–Trinajstić information content (AvgIpc) is 3.61. The van der Waals surface area contributed by atoms with Crippen LogP contribution < -0.4 is 5.73 Å². The van der Waals surface area contributed by atoms with Gasteiger partial charge in [-0.05, 0) is 72.9 Å². The molecular weight excluding hydrogens is 605 g/mol. The maximum absolute atomic E-state index is 13.8. The summed E-state index contributed by atoms with van der Waals surface area (Å²) in [6.07, 6.45) is 7.90. The summed E-state index contributed by atoms with van der Waals surface area (Å²) in [4.78, 5) is 38.1. The lowest BCUT2D eigenvalue weighted by Crippen LogP contribution is -2.46. The molecule has 0 bridgehead atoms. The van der Waals surface area contributed by atoms with Crippen molar-refractivity contribution in [2.45, 2.75) is 57.2 Å². The van der Waals surface area contributed by atoms with Crippen molar-refractivity contribution in [1.82, 2.24) is 14.8 Å². The van der Waals surface area contributed by atoms with Crippen molar-refractivity contribution in [1.29, 1.82) is 0 Å². The molecule has 8 nitrogen and oxygen atoms in total. The van der Waals surface area contributed by atoms with E-state index in [-0.39, 0.29) is 29.7 Å². The summed E-state index contributed by atoms with van der Waals surface area (Å²) in [5.41, 5.74) is 12.2. The minimum Gasteiger partial charge on any atom is -0.465 e. The van der Waals surface area contributed by atoms with Crippen molar-refractivity contribution in [3.63, 3.8) is 0 Å². The molecule has 1 aliphatic carbocycles. The van der Waals surface area contributed by atoms with E-state index in [0.717, 1.165) is 50.5 Å². The lowest BCUT2D eigenvalue weighted by Gasteiger charge is -2.33. The van der Waals surface area contributed by atoms with E-state index < -0.39 is 0 Å². The van der Waals surface area contributed by atoms with Gasteiger partial charge in [0.05, 0.1) is 59.2 Å². The summed E-state index contributed by atoms with van der Waals surface area (Å²) in [5.74, 6) is 0.179. The second kappa shape index (κ2) is 13.6. The minimum absolute atomic E-state index is 0.0604. The zero-order chi connectivity index (χ0) is 31.7. The van der Waals surface area contributed by atoms with Crippen LogP contribution in [0.2, 0.25) is 0 Å². The van der Waals surface area contributed by atoms with Gasteiger partial charge in [0.15, 0.2) is 0 Å². The first-order valence-corrected chi connectivity index (χ1v) is 17.5. The highest BCUT2D eigenvalue weighted by Crippen LogP contribution is 2.53. The van der Waals surface area contributed by atoms with E-state index >= 15 is 0 Å². The van der Waals surface area contributed by atoms with Gasteiger partial charge < -0.3 is 25.0 Å². The van der Waals surface area contributed by atoms with Gasteiger partial charge in [-0.1, -0.05) is 49.7 Å². The van der Waals surface area contributed by atoms with Gasteiger partial charge in [-0.2, -0.15) is 0 Å². The van der Waals surface area contributed by atoms with Crippen molar-refractivity contribution < 1.29 is 19.1 Å². The molecule has 45 heavy (non-hydrogen) atoms. The number of rotatable bonds is 8. The number of nitrogens with zero attached hydrogens (tertiary/aromatic N) is 3. The highest BCUT2D eigenvalue weighted by molar-refractivity contribution is 8.11. The highest BCUT2D eigenvalue weighted by atomic mass is 32.2. The first kappa shape index (κ1) is 31.8. The molecule has 6 rings (SSSR count). The van der Waals surface area contributed by atoms with E-state index in [2.05, 4.69) is 35.7 Å². The molecule has 1 aromatic heterocycles. The van der Waals surface area contributed by atoms with Gasteiger partial charge in [0, 0.05) is 29.9 Å². The van der Waals surface area contributed by atoms with Gasteiger partial charge in [-0.3, -0.25) is 4.79 Å². The van der Waals surface area contributed by atoms with Crippen LogP contribution in [0.3, 0.4) is 0 Å². The standard InChI is InChI=1S/C35H42N4O4S2/c1-21(2)44-33(22(3)36)27-13-10-24-18-25(11-12-26(24)37-27)32-31(23-8-6-5-7-9-23)34-28(19-29(45-34)35(41)42-4)39(32)20-30(40)38-14-16-43-17-15-38/h10-13,18-19,23,28,34H,1,5-9,14-17,20,36H2,2-4H3/b33-22-. The third-order valence-electron chi connectivity index (χ3n) is 9.04. The zero-order valence-electron chi connectivity index (χ0n) is 26.3. The summed E-state index contributed by atoms with van der Waals surface area (Å²) >= 11 is 3.14. The lowest BCUT2D eigenvalue weighted by molar-refractivity contribution is -0.136. The Hall–Kier alpha value is -3.21. The topological polar surface area (TPSA) is 98.0 Å². The quantitative estimate of drug-likeness (QED) is 0.339. The van der Waals surface area contributed by atoms with Crippen molar-refractivity contribution >= 4 is 56.9 Å². The first-order valence-electron chi connectivity index (χ1n) is 15.8. The number of amides is 1. The Balaban J connectivity index is 1.44. The number of pyridine rings is 1. The number of hydrogen-bond acceptors (Lipinski definition) is 9. The molecule has 2 N–H and O–H groups in total. The fraction of sp³-hybridized carbons (Fsp3) is 0.457. The number of benzene rings is 1. The normalized spacial score (nSPS) is 22.8. The summed E-state index contributed by atoms with van der Waals surface area (Å²) in [7, 11) is 1.43. The Bertz CT molecular complexity index is 1600. The van der Waals surface area contributed by atoms with E-state index in [0.29, 0.717) is 42.8 Å². The Morgan fingerprint density at radius 2 is 1.89 bits per heavy atom. The molecule has 4 heterocycles. The van der Waals surface area contributed by atoms with E-state index in [1.54, 1.807) is 11.8 Å². The fourth-order valence-electron chi connectivity index (χ4n) is 6.98. The van der Waals surface area contributed by atoms with E-state index in [1.165, 1.54) is 43.7 Å². The number of methoxy groups -OCH3 is 1. The monoisotopic (exact) mass is 646 g/mol. The van der Waals surface area contributed by atoms with Crippen molar-refractivity contribution in [3.05, 3.63) is 75.3 Å². The van der Waals surface area contributed by atoms with Gasteiger partial charge >= 0.3 is 5.97 Å². The molecule has 1 saturated heterocycles. The van der Waals surface area contributed by atoms with Gasteiger partial charge in [0.25, 0.3) is 0 Å². The SMILES string of the molecule is C=C(C)S/C(=C(/C)N)c1ccc2cc(C3=C(C4CCCCC4)C4SC(C(=O)OC)=CC4N3CC(=O)N3CCOCC3)ccc2n1. The number of fused-ring (bicyclic) bond motifs is 2. The number of nitrogens with two attached hydrogens (primary N) is 1. The third kappa shape index (κ3) is 6.55. The Labute approximate surface area is 274 Å². The number of morpholine rings is 1. The Kier molecular flexibility index (Phi) is 9.63. The number of ether oxygens (including phenoxy) is 2. The average molecular weight is 647 g/mol. The number of esters is 1. The molecule has 1 saturated carbocycles. The molecule has 2 fully saturated rings. The summed E-state index contributed by atoms with van der Waals surface area (Å²) in [6.45, 7) is 10.4. The Morgan fingerprint density at radius 3 is 2.58 bits per heavy atom. The van der Waals surface area contributed by atoms with E-state index in [4.69, 9.17) is 20.2 Å². The summed E-state index contributed by atoms with van der Waals surface area (Å²) < 4.78 is 10.7. The molecule has 238 valence electrons. The van der Waals surface area contributed by atoms with Crippen LogP contribution in [0.1, 0.15) is 57.2 Å². The molecule has 1 amide bonds. The van der Waals surface area contributed by atoms with Crippen LogP contribution in [-0.4, -0.2) is 77.9 Å². The van der Waals surface area contributed by atoms with Crippen LogP contribution >= 0.6 is 23.5 Å². The lowest BCUT2D eigenvalue weighted by atomic mass is 9.81. The molecule has 3 aliphatic heterocycles. The van der Waals surface area contributed by atoms with Gasteiger partial charge in [-0.15, -0.1) is 11.8 Å². The number of carbonyl (C=O) groups excluding carboxylic acids is 2. The van der Waals surface area contributed by atoms with Crippen LogP contribution in [0.5, 0.6) is 0 Å².